The summed E-state index contributed by atoms with van der Waals surface area (Å²) >= 11 is 0. The minimum Gasteiger partial charge on any atom is -0.378 e. The fourth-order valence-corrected chi connectivity index (χ4v) is 4.33. The van der Waals surface area contributed by atoms with Crippen LogP contribution < -0.4 is 0 Å². The Morgan fingerprint density at radius 1 is 1.27 bits per heavy atom. The van der Waals surface area contributed by atoms with E-state index in [4.69, 9.17) is 4.74 Å². The lowest BCUT2D eigenvalue weighted by molar-refractivity contribution is -0.0509. The number of methoxy groups -OCH3 is 1. The van der Waals surface area contributed by atoms with Gasteiger partial charge < -0.3 is 4.74 Å². The second-order valence-electron chi connectivity index (χ2n) is 7.08. The summed E-state index contributed by atoms with van der Waals surface area (Å²) in [6, 6.07) is 10.8. The first-order chi connectivity index (χ1) is 10.5. The van der Waals surface area contributed by atoms with Crippen LogP contribution in [-0.2, 0) is 4.74 Å². The molecule has 0 amide bonds. The van der Waals surface area contributed by atoms with Gasteiger partial charge in [0.25, 0.3) is 0 Å². The summed E-state index contributed by atoms with van der Waals surface area (Å²) in [6.07, 6.45) is 10.1. The van der Waals surface area contributed by atoms with Gasteiger partial charge in [0.1, 0.15) is 0 Å². The highest BCUT2D eigenvalue weighted by atomic mass is 16.5. The van der Waals surface area contributed by atoms with Gasteiger partial charge in [0.05, 0.1) is 5.60 Å². The predicted octanol–water partition coefficient (Wildman–Crippen LogP) is 5.41. The summed E-state index contributed by atoms with van der Waals surface area (Å²) in [5.74, 6) is 0.370. The summed E-state index contributed by atoms with van der Waals surface area (Å²) in [7, 11) is 1.85. The summed E-state index contributed by atoms with van der Waals surface area (Å²) in [4.78, 5) is 0. The molecule has 0 N–H and O–H groups in total. The zero-order chi connectivity index (χ0) is 15.8. The molecular weight excluding hydrogens is 268 g/mol. The van der Waals surface area contributed by atoms with Gasteiger partial charge in [-0.25, -0.2) is 0 Å². The maximum atomic E-state index is 5.96. The molecule has 4 rings (SSSR count). The molecule has 0 aliphatic heterocycles. The third-order valence-corrected chi connectivity index (χ3v) is 5.42. The van der Waals surface area contributed by atoms with Gasteiger partial charge in [0.2, 0.25) is 0 Å². The van der Waals surface area contributed by atoms with Crippen LogP contribution in [0.4, 0.5) is 0 Å². The maximum absolute atomic E-state index is 5.96. The van der Waals surface area contributed by atoms with E-state index in [0.29, 0.717) is 5.92 Å². The third kappa shape index (κ3) is 2.38. The smallest absolute Gasteiger partial charge is 0.0761 e. The van der Waals surface area contributed by atoms with Crippen molar-refractivity contribution in [3.8, 4) is 0 Å². The van der Waals surface area contributed by atoms with Crippen LogP contribution in [0.25, 0.3) is 5.57 Å². The van der Waals surface area contributed by atoms with Crippen molar-refractivity contribution in [2.75, 3.05) is 7.11 Å². The molecule has 0 saturated heterocycles. The fourth-order valence-electron chi connectivity index (χ4n) is 4.33. The predicted molar refractivity (Wildman–Crippen MR) is 93.6 cm³/mol. The van der Waals surface area contributed by atoms with Gasteiger partial charge in [-0.05, 0) is 37.3 Å². The highest BCUT2D eigenvalue weighted by molar-refractivity contribution is 5.76. The quantitative estimate of drug-likeness (QED) is 0.660. The molecule has 0 spiro atoms. The lowest BCUT2D eigenvalue weighted by Crippen LogP contribution is -2.49. The second-order valence-corrected chi connectivity index (χ2v) is 7.08. The molecule has 3 unspecified atom stereocenters. The van der Waals surface area contributed by atoms with Crippen molar-refractivity contribution in [3.05, 3.63) is 66.3 Å². The standard InChI is InChI=1S/C21H26O/c1-5-6-10-17-14-20(2)15-21(3,22-4)19(17)13-18(20)16-11-8-7-9-12-16/h5,7-9,11-14,19H,1,6,10,15H2,2-4H3. The van der Waals surface area contributed by atoms with Crippen molar-refractivity contribution in [1.29, 1.82) is 0 Å². The Bertz CT molecular complexity index is 625. The lowest BCUT2D eigenvalue weighted by atomic mass is 9.55. The molecule has 0 fully saturated rings. The molecule has 22 heavy (non-hydrogen) atoms. The van der Waals surface area contributed by atoms with Crippen molar-refractivity contribution >= 4 is 5.57 Å². The van der Waals surface area contributed by atoms with E-state index in [1.807, 2.05) is 13.2 Å². The van der Waals surface area contributed by atoms with Gasteiger partial charge in [-0.2, -0.15) is 0 Å². The van der Waals surface area contributed by atoms with Crippen molar-refractivity contribution < 1.29 is 4.74 Å². The average molecular weight is 294 g/mol. The monoisotopic (exact) mass is 294 g/mol. The van der Waals surface area contributed by atoms with E-state index in [0.717, 1.165) is 19.3 Å². The van der Waals surface area contributed by atoms with E-state index in [-0.39, 0.29) is 11.0 Å². The Kier molecular flexibility index (Phi) is 3.86. The summed E-state index contributed by atoms with van der Waals surface area (Å²) in [6.45, 7) is 8.48. The molecule has 0 radical (unpaired) electrons. The first-order valence-electron chi connectivity index (χ1n) is 8.18. The number of hydrogen-bond acceptors (Lipinski definition) is 1. The van der Waals surface area contributed by atoms with E-state index in [1.165, 1.54) is 16.7 Å². The molecule has 1 aromatic carbocycles. The lowest BCUT2D eigenvalue weighted by Gasteiger charge is -2.52. The molecule has 1 nitrogen and oxygen atoms in total. The Morgan fingerprint density at radius 3 is 2.59 bits per heavy atom. The number of fused-ring (bicyclic) bond motifs is 1. The molecule has 0 heterocycles. The molecule has 3 atom stereocenters. The number of hydrogen-bond donors (Lipinski definition) is 0. The first kappa shape index (κ1) is 15.3. The van der Waals surface area contributed by atoms with E-state index in [1.54, 1.807) is 0 Å². The van der Waals surface area contributed by atoms with Gasteiger partial charge in [-0.3, -0.25) is 0 Å². The number of allylic oxidation sites excluding steroid dienone is 3. The van der Waals surface area contributed by atoms with Crippen LogP contribution >= 0.6 is 0 Å². The number of benzene rings is 1. The topological polar surface area (TPSA) is 9.23 Å². The summed E-state index contributed by atoms with van der Waals surface area (Å²) in [5.41, 5.74) is 4.26. The van der Waals surface area contributed by atoms with Gasteiger partial charge in [0.15, 0.2) is 0 Å². The molecule has 116 valence electrons. The van der Waals surface area contributed by atoms with Crippen LogP contribution in [0.1, 0.15) is 38.7 Å². The van der Waals surface area contributed by atoms with Crippen LogP contribution in [0.2, 0.25) is 0 Å². The molecule has 0 saturated carbocycles. The van der Waals surface area contributed by atoms with E-state index in [2.05, 4.69) is 62.9 Å². The Balaban J connectivity index is 2.05. The minimum absolute atomic E-state index is 0.0529. The zero-order valence-corrected chi connectivity index (χ0v) is 13.9. The fraction of sp³-hybridized carbons (Fsp3) is 0.429. The summed E-state index contributed by atoms with van der Waals surface area (Å²) < 4.78 is 5.96. The number of rotatable bonds is 5. The SMILES string of the molecule is C=CCCC1=CC2(C)CC(C)(OC)C1C=C2c1ccccc1. The molecule has 3 aliphatic carbocycles. The minimum atomic E-state index is -0.0989. The molecule has 1 aromatic rings. The van der Waals surface area contributed by atoms with Crippen LogP contribution in [0, 0.1) is 11.3 Å². The molecule has 0 aromatic heterocycles. The van der Waals surface area contributed by atoms with Gasteiger partial charge in [-0.1, -0.05) is 61.1 Å². The van der Waals surface area contributed by atoms with Gasteiger partial charge >= 0.3 is 0 Å². The third-order valence-electron chi connectivity index (χ3n) is 5.42. The van der Waals surface area contributed by atoms with Crippen LogP contribution in [-0.4, -0.2) is 12.7 Å². The van der Waals surface area contributed by atoms with Crippen molar-refractivity contribution in [2.24, 2.45) is 11.3 Å². The molecule has 1 heteroatoms. The average Bonchev–Trinajstić information content (AvgIpc) is 2.53. The molecule has 2 bridgehead atoms. The normalized spacial score (nSPS) is 33.3. The number of ether oxygens (including phenoxy) is 1. The Hall–Kier alpha value is -1.60. The first-order valence-corrected chi connectivity index (χ1v) is 8.18. The highest BCUT2D eigenvalue weighted by Gasteiger charge is 2.50. The van der Waals surface area contributed by atoms with Crippen molar-refractivity contribution in [2.45, 2.75) is 38.7 Å². The second kappa shape index (κ2) is 5.55. The van der Waals surface area contributed by atoms with Crippen molar-refractivity contribution in [1.82, 2.24) is 0 Å². The largest absolute Gasteiger partial charge is 0.378 e. The highest BCUT2D eigenvalue weighted by Crippen LogP contribution is 2.57. The Labute approximate surface area is 134 Å². The zero-order valence-electron chi connectivity index (χ0n) is 13.9. The maximum Gasteiger partial charge on any atom is 0.0761 e. The molecular formula is C21H26O. The summed E-state index contributed by atoms with van der Waals surface area (Å²) in [5, 5.41) is 0. The van der Waals surface area contributed by atoms with Crippen LogP contribution in [0.3, 0.4) is 0 Å². The van der Waals surface area contributed by atoms with E-state index < -0.39 is 0 Å². The van der Waals surface area contributed by atoms with Crippen molar-refractivity contribution in [3.63, 3.8) is 0 Å². The van der Waals surface area contributed by atoms with Gasteiger partial charge in [-0.15, -0.1) is 6.58 Å². The van der Waals surface area contributed by atoms with E-state index >= 15 is 0 Å². The van der Waals surface area contributed by atoms with Gasteiger partial charge in [0, 0.05) is 18.4 Å². The van der Waals surface area contributed by atoms with Crippen LogP contribution in [0.5, 0.6) is 0 Å². The Morgan fingerprint density at radius 2 is 2.00 bits per heavy atom. The van der Waals surface area contributed by atoms with E-state index in [9.17, 15) is 0 Å². The van der Waals surface area contributed by atoms with Crippen LogP contribution in [0.15, 0.2) is 60.7 Å². The molecule has 3 aliphatic rings.